The number of carbonyl (C=O) groups is 2. The number of alkyl halides is 3. The van der Waals surface area contributed by atoms with Crippen molar-refractivity contribution in [1.29, 1.82) is 0 Å². The molecule has 204 valence electrons. The van der Waals surface area contributed by atoms with Crippen LogP contribution in [0.3, 0.4) is 0 Å². The van der Waals surface area contributed by atoms with Crippen LogP contribution < -0.4 is 10.6 Å². The van der Waals surface area contributed by atoms with Gasteiger partial charge in [-0.3, -0.25) is 9.59 Å². The van der Waals surface area contributed by atoms with Crippen LogP contribution in [-0.2, 0) is 6.18 Å². The number of nitrogens with zero attached hydrogens (tertiary/aromatic N) is 3. The molecule has 3 heterocycles. The van der Waals surface area contributed by atoms with Gasteiger partial charge in [-0.25, -0.2) is 9.97 Å². The van der Waals surface area contributed by atoms with Crippen molar-refractivity contribution in [2.45, 2.75) is 69.7 Å². The molecule has 8 nitrogen and oxygen atoms in total. The summed E-state index contributed by atoms with van der Waals surface area (Å²) in [5.41, 5.74) is -1.97. The number of aliphatic hydroxyl groups is 1. The number of allylic oxidation sites excluding steroid dienone is 1. The number of amides is 2. The van der Waals surface area contributed by atoms with E-state index in [1.54, 1.807) is 0 Å². The molecule has 0 unspecified atom stereocenters. The predicted octanol–water partition coefficient (Wildman–Crippen LogP) is 4.83. The van der Waals surface area contributed by atoms with Crippen LogP contribution in [0, 0.1) is 5.92 Å². The molecule has 0 radical (unpaired) electrons. The Morgan fingerprint density at radius 1 is 1.32 bits per heavy atom. The van der Waals surface area contributed by atoms with E-state index in [1.165, 1.54) is 4.90 Å². The van der Waals surface area contributed by atoms with Gasteiger partial charge in [-0.2, -0.15) is 13.2 Å². The van der Waals surface area contributed by atoms with Gasteiger partial charge in [0.05, 0.1) is 16.0 Å². The summed E-state index contributed by atoms with van der Waals surface area (Å²) in [4.78, 5) is 36.1. The maximum Gasteiger partial charge on any atom is 0.417 e. The molecule has 5 rings (SSSR count). The van der Waals surface area contributed by atoms with Crippen LogP contribution in [0.1, 0.15) is 77.7 Å². The monoisotopic (exact) mass is 549 g/mol. The zero-order chi connectivity index (χ0) is 27.2. The lowest BCUT2D eigenvalue weighted by molar-refractivity contribution is -0.137. The molecule has 1 atom stereocenters. The van der Waals surface area contributed by atoms with Crippen LogP contribution in [0.4, 0.5) is 19.0 Å². The van der Waals surface area contributed by atoms with Gasteiger partial charge in [0.25, 0.3) is 11.8 Å². The number of halogens is 3. The topological polar surface area (TPSA) is 107 Å². The van der Waals surface area contributed by atoms with Gasteiger partial charge in [-0.15, -0.1) is 11.3 Å². The van der Waals surface area contributed by atoms with E-state index in [0.29, 0.717) is 55.2 Å². The number of rotatable bonds is 8. The first-order valence-corrected chi connectivity index (χ1v) is 13.6. The van der Waals surface area contributed by atoms with E-state index in [2.05, 4.69) is 27.2 Å². The molecule has 2 aliphatic carbocycles. The average molecular weight is 550 g/mol. The Balaban J connectivity index is 1.52. The van der Waals surface area contributed by atoms with E-state index in [4.69, 9.17) is 0 Å². The molecule has 0 spiro atoms. The average Bonchev–Trinajstić information content (AvgIpc) is 3.47. The van der Waals surface area contributed by atoms with Crippen molar-refractivity contribution in [3.05, 3.63) is 40.8 Å². The molecule has 3 N–H and O–H groups in total. The summed E-state index contributed by atoms with van der Waals surface area (Å²) < 4.78 is 42.9. The number of likely N-dealkylation sites (tertiary alicyclic amines) is 1. The number of nitrogens with one attached hydrogen (secondary N) is 2. The number of pyridine rings is 1. The summed E-state index contributed by atoms with van der Waals surface area (Å²) in [7, 11) is 0. The predicted molar refractivity (Wildman–Crippen MR) is 137 cm³/mol. The maximum absolute atomic E-state index is 14.3. The SMILES string of the molecule is C=C1CCCN1C(=O)c1nc(C(=O)NCC2(O)CCC2)sc1-c1cnc(N[C@@H](C)C2CC2)cc1C(F)(F)F. The van der Waals surface area contributed by atoms with Crippen LogP contribution in [-0.4, -0.2) is 56.5 Å². The highest BCUT2D eigenvalue weighted by Crippen LogP contribution is 2.43. The number of thiazole rings is 1. The molecule has 2 saturated carbocycles. The van der Waals surface area contributed by atoms with Crippen LogP contribution in [0.15, 0.2) is 24.5 Å². The molecule has 1 saturated heterocycles. The number of anilines is 1. The third-order valence-corrected chi connectivity index (χ3v) is 8.61. The summed E-state index contributed by atoms with van der Waals surface area (Å²) in [5, 5.41) is 15.8. The molecule has 2 amide bonds. The van der Waals surface area contributed by atoms with Crippen molar-refractivity contribution in [2.24, 2.45) is 5.92 Å². The van der Waals surface area contributed by atoms with Crippen molar-refractivity contribution in [2.75, 3.05) is 18.4 Å². The minimum atomic E-state index is -4.74. The van der Waals surface area contributed by atoms with Crippen LogP contribution >= 0.6 is 11.3 Å². The summed E-state index contributed by atoms with van der Waals surface area (Å²) in [6.07, 6.45) is 1.63. The molecule has 12 heteroatoms. The molecule has 38 heavy (non-hydrogen) atoms. The largest absolute Gasteiger partial charge is 0.417 e. The van der Waals surface area contributed by atoms with Gasteiger partial charge in [-0.05, 0) is 63.9 Å². The zero-order valence-electron chi connectivity index (χ0n) is 21.0. The molecule has 3 aliphatic rings. The van der Waals surface area contributed by atoms with Crippen LogP contribution in [0.5, 0.6) is 0 Å². The van der Waals surface area contributed by atoms with Crippen molar-refractivity contribution < 1.29 is 27.9 Å². The molecule has 2 aromatic heterocycles. The normalized spacial score (nSPS) is 19.7. The second-order valence-electron chi connectivity index (χ2n) is 10.5. The number of hydrogen-bond acceptors (Lipinski definition) is 7. The summed E-state index contributed by atoms with van der Waals surface area (Å²) in [6.45, 7) is 6.17. The Labute approximate surface area is 222 Å². The fourth-order valence-electron chi connectivity index (χ4n) is 4.83. The van der Waals surface area contributed by atoms with Gasteiger partial charge >= 0.3 is 6.18 Å². The lowest BCUT2D eigenvalue weighted by atomic mass is 9.80. The molecule has 0 aromatic carbocycles. The number of carbonyl (C=O) groups excluding carboxylic acids is 2. The van der Waals surface area contributed by atoms with Crippen LogP contribution in [0.25, 0.3) is 10.4 Å². The molecule has 1 aliphatic heterocycles. The summed E-state index contributed by atoms with van der Waals surface area (Å²) >= 11 is 0.708. The van der Waals surface area contributed by atoms with E-state index >= 15 is 0 Å². The van der Waals surface area contributed by atoms with Crippen molar-refractivity contribution in [1.82, 2.24) is 20.2 Å². The summed E-state index contributed by atoms with van der Waals surface area (Å²) in [6, 6.07) is 0.931. The Hall–Kier alpha value is -2.99. The molecular weight excluding hydrogens is 519 g/mol. The Morgan fingerprint density at radius 3 is 2.63 bits per heavy atom. The highest BCUT2D eigenvalue weighted by Gasteiger charge is 2.39. The molecule has 0 bridgehead atoms. The standard InChI is InChI=1S/C26H30F3N5O3S/c1-14-5-3-10-34(14)24(36)20-21(38-23(33-20)22(35)31-13-25(37)8-4-9-25)17-12-30-19(11-18(17)26(27,28)29)32-15(2)16-6-7-16/h11-12,15-16,37H,1,3-10,13H2,2H3,(H,30,32)(H,31,35)/t15-/m0/s1. The van der Waals surface area contributed by atoms with E-state index in [0.717, 1.165) is 31.5 Å². The fraction of sp³-hybridized carbons (Fsp3) is 0.538. The third-order valence-electron chi connectivity index (χ3n) is 7.52. The van der Waals surface area contributed by atoms with Gasteiger partial charge in [0, 0.05) is 36.6 Å². The minimum Gasteiger partial charge on any atom is -0.388 e. The van der Waals surface area contributed by atoms with E-state index in [9.17, 15) is 27.9 Å². The second-order valence-corrected chi connectivity index (χ2v) is 11.5. The second kappa shape index (κ2) is 9.96. The zero-order valence-corrected chi connectivity index (χ0v) is 21.8. The molecule has 3 fully saturated rings. The Kier molecular flexibility index (Phi) is 6.97. The Bertz CT molecular complexity index is 1270. The van der Waals surface area contributed by atoms with Crippen molar-refractivity contribution in [3.63, 3.8) is 0 Å². The van der Waals surface area contributed by atoms with E-state index < -0.39 is 29.2 Å². The highest BCUT2D eigenvalue weighted by atomic mass is 32.1. The molecular formula is C26H30F3N5O3S. The smallest absolute Gasteiger partial charge is 0.388 e. The highest BCUT2D eigenvalue weighted by molar-refractivity contribution is 7.17. The van der Waals surface area contributed by atoms with Gasteiger partial charge in [0.1, 0.15) is 11.5 Å². The van der Waals surface area contributed by atoms with E-state index in [-0.39, 0.29) is 39.5 Å². The van der Waals surface area contributed by atoms with Gasteiger partial charge in [0.2, 0.25) is 0 Å². The Morgan fingerprint density at radius 2 is 2.05 bits per heavy atom. The fourth-order valence-corrected chi connectivity index (χ4v) is 5.83. The maximum atomic E-state index is 14.3. The quantitative estimate of drug-likeness (QED) is 0.436. The first kappa shape index (κ1) is 26.6. The van der Waals surface area contributed by atoms with E-state index in [1.807, 2.05) is 6.92 Å². The molecule has 2 aromatic rings. The van der Waals surface area contributed by atoms with Crippen LogP contribution in [0.2, 0.25) is 0 Å². The number of hydrogen-bond donors (Lipinski definition) is 3. The van der Waals surface area contributed by atoms with Gasteiger partial charge in [-0.1, -0.05) is 6.58 Å². The van der Waals surface area contributed by atoms with Crippen molar-refractivity contribution >= 4 is 29.0 Å². The van der Waals surface area contributed by atoms with Gasteiger partial charge < -0.3 is 20.6 Å². The first-order valence-electron chi connectivity index (χ1n) is 12.8. The first-order chi connectivity index (χ1) is 17.9. The summed E-state index contributed by atoms with van der Waals surface area (Å²) in [5.74, 6) is -0.760. The lowest BCUT2D eigenvalue weighted by Gasteiger charge is -2.36. The minimum absolute atomic E-state index is 0.00184. The number of aromatic nitrogens is 2. The lowest BCUT2D eigenvalue weighted by Crippen LogP contribution is -2.47. The van der Waals surface area contributed by atoms with Crippen molar-refractivity contribution in [3.8, 4) is 10.4 Å². The van der Waals surface area contributed by atoms with Gasteiger partial charge in [0.15, 0.2) is 5.01 Å². The third kappa shape index (κ3) is 5.42.